The van der Waals surface area contributed by atoms with Crippen molar-refractivity contribution in [3.63, 3.8) is 0 Å². The van der Waals surface area contributed by atoms with E-state index in [-0.39, 0.29) is 0 Å². The molecule has 0 aliphatic rings. The van der Waals surface area contributed by atoms with Crippen LogP contribution in [0.3, 0.4) is 0 Å². The van der Waals surface area contributed by atoms with Gasteiger partial charge in [-0.1, -0.05) is 142 Å². The zero-order chi connectivity index (χ0) is 25.4. The van der Waals surface area contributed by atoms with Gasteiger partial charge in [-0.2, -0.15) is 0 Å². The van der Waals surface area contributed by atoms with Gasteiger partial charge in [-0.3, -0.25) is 0 Å². The maximum absolute atomic E-state index is 2.57. The summed E-state index contributed by atoms with van der Waals surface area (Å²) in [6, 6.07) is 0.570. The summed E-state index contributed by atoms with van der Waals surface area (Å²) in [6.45, 7) is 10.5. The minimum atomic E-state index is 0.570. The van der Waals surface area contributed by atoms with Gasteiger partial charge in [-0.05, 0) is 33.1 Å². The molecular weight excluding hydrogens is 424 g/mol. The first-order valence-corrected chi connectivity index (χ1v) is 16.3. The lowest BCUT2D eigenvalue weighted by molar-refractivity contribution is -0.704. The summed E-state index contributed by atoms with van der Waals surface area (Å²) in [7, 11) is 0. The molecule has 1 aromatic heterocycles. The fourth-order valence-electron chi connectivity index (χ4n) is 5.49. The van der Waals surface area contributed by atoms with Gasteiger partial charge in [0.25, 0.3) is 5.82 Å². The minimum absolute atomic E-state index is 0.570. The van der Waals surface area contributed by atoms with Crippen LogP contribution in [0.15, 0.2) is 12.4 Å². The van der Waals surface area contributed by atoms with Gasteiger partial charge in [0.05, 0.1) is 12.6 Å². The summed E-state index contributed by atoms with van der Waals surface area (Å²) in [6.07, 6.45) is 38.8. The van der Waals surface area contributed by atoms with E-state index in [1.165, 1.54) is 161 Å². The Hall–Kier alpha value is -0.790. The Morgan fingerprint density at radius 2 is 0.914 bits per heavy atom. The van der Waals surface area contributed by atoms with Crippen molar-refractivity contribution in [1.82, 2.24) is 4.57 Å². The number of imidazole rings is 1. The van der Waals surface area contributed by atoms with Crippen LogP contribution in [0.2, 0.25) is 0 Å². The van der Waals surface area contributed by atoms with E-state index in [2.05, 4.69) is 49.2 Å². The molecule has 1 aromatic rings. The van der Waals surface area contributed by atoms with Crippen LogP contribution < -0.4 is 4.57 Å². The summed E-state index contributed by atoms with van der Waals surface area (Å²) >= 11 is 0. The van der Waals surface area contributed by atoms with E-state index in [9.17, 15) is 0 Å². The fourth-order valence-corrected chi connectivity index (χ4v) is 5.49. The molecule has 35 heavy (non-hydrogen) atoms. The largest absolute Gasteiger partial charge is 0.256 e. The van der Waals surface area contributed by atoms with Crippen LogP contribution in [-0.4, -0.2) is 4.57 Å². The molecule has 0 atom stereocenters. The van der Waals surface area contributed by atoms with Crippen molar-refractivity contribution in [3.05, 3.63) is 18.2 Å². The highest BCUT2D eigenvalue weighted by Crippen LogP contribution is 2.15. The van der Waals surface area contributed by atoms with E-state index in [1.54, 1.807) is 5.82 Å². The third-order valence-electron chi connectivity index (χ3n) is 7.85. The van der Waals surface area contributed by atoms with Gasteiger partial charge < -0.3 is 0 Å². The van der Waals surface area contributed by atoms with E-state index >= 15 is 0 Å². The summed E-state index contributed by atoms with van der Waals surface area (Å²) in [5, 5.41) is 0. The van der Waals surface area contributed by atoms with Gasteiger partial charge in [-0.15, -0.1) is 0 Å². The van der Waals surface area contributed by atoms with Gasteiger partial charge in [0.2, 0.25) is 0 Å². The maximum Gasteiger partial charge on any atom is 0.256 e. The summed E-state index contributed by atoms with van der Waals surface area (Å²) in [4.78, 5) is 0. The highest BCUT2D eigenvalue weighted by molar-refractivity contribution is 4.86. The Morgan fingerprint density at radius 1 is 0.543 bits per heavy atom. The van der Waals surface area contributed by atoms with E-state index < -0.39 is 0 Å². The van der Waals surface area contributed by atoms with Crippen molar-refractivity contribution in [2.24, 2.45) is 0 Å². The fraction of sp³-hybridized carbons (Fsp3) is 0.909. The van der Waals surface area contributed by atoms with Crippen LogP contribution in [0.1, 0.15) is 187 Å². The minimum Gasteiger partial charge on any atom is -0.234 e. The highest BCUT2D eigenvalue weighted by atomic mass is 15.2. The lowest BCUT2D eigenvalue weighted by atomic mass is 10.0. The van der Waals surface area contributed by atoms with Gasteiger partial charge in [0.15, 0.2) is 0 Å². The number of hydrogen-bond acceptors (Lipinski definition) is 0. The molecule has 1 heterocycles. The second-order valence-corrected chi connectivity index (χ2v) is 11.6. The third kappa shape index (κ3) is 17.3. The molecule has 2 heteroatoms. The first-order chi connectivity index (χ1) is 17.2. The number of hydrogen-bond donors (Lipinski definition) is 0. The van der Waals surface area contributed by atoms with Crippen molar-refractivity contribution in [1.29, 1.82) is 0 Å². The predicted molar refractivity (Wildman–Crippen MR) is 156 cm³/mol. The van der Waals surface area contributed by atoms with Gasteiger partial charge in [0.1, 0.15) is 12.4 Å². The maximum atomic E-state index is 2.57. The molecule has 206 valence electrons. The zero-order valence-electron chi connectivity index (χ0n) is 24.8. The van der Waals surface area contributed by atoms with Crippen LogP contribution in [-0.2, 0) is 13.0 Å². The molecule has 0 aliphatic carbocycles. The first-order valence-electron chi connectivity index (χ1n) is 16.3. The topological polar surface area (TPSA) is 8.81 Å². The molecule has 2 nitrogen and oxygen atoms in total. The average molecular weight is 490 g/mol. The average Bonchev–Trinajstić information content (AvgIpc) is 3.26. The summed E-state index contributed by atoms with van der Waals surface area (Å²) in [5.74, 6) is 1.57. The van der Waals surface area contributed by atoms with Crippen LogP contribution in [0.4, 0.5) is 0 Å². The molecule has 0 spiro atoms. The van der Waals surface area contributed by atoms with Crippen molar-refractivity contribution in [3.8, 4) is 0 Å². The SMILES string of the molecule is CCCCCCCCCCCCCCCc1n(C(C)C)cc[n+]1CCCCCCCCCCCC. The summed E-state index contributed by atoms with van der Waals surface area (Å²) < 4.78 is 5.10. The second-order valence-electron chi connectivity index (χ2n) is 11.6. The molecule has 0 bridgehead atoms. The van der Waals surface area contributed by atoms with E-state index in [0.29, 0.717) is 6.04 Å². The smallest absolute Gasteiger partial charge is 0.234 e. The highest BCUT2D eigenvalue weighted by Gasteiger charge is 2.18. The molecule has 0 aromatic carbocycles. The molecule has 0 amide bonds. The lowest BCUT2D eigenvalue weighted by Gasteiger charge is -2.08. The Labute approximate surface area is 221 Å². The Morgan fingerprint density at radius 3 is 1.31 bits per heavy atom. The van der Waals surface area contributed by atoms with Crippen LogP contribution in [0, 0.1) is 0 Å². The normalized spacial score (nSPS) is 11.7. The molecular formula is C33H65N2+. The van der Waals surface area contributed by atoms with E-state index in [4.69, 9.17) is 0 Å². The van der Waals surface area contributed by atoms with Crippen LogP contribution in [0.25, 0.3) is 0 Å². The number of unbranched alkanes of at least 4 members (excludes halogenated alkanes) is 21. The number of rotatable bonds is 26. The Balaban J connectivity index is 2.12. The quantitative estimate of drug-likeness (QED) is 0.0903. The Kier molecular flexibility index (Phi) is 21.7. The standard InChI is InChI=1S/C33H65N2/c1-5-7-9-11-13-15-17-18-19-20-22-24-26-28-33-34(30-31-35(33)32(3)4)29-27-25-23-21-16-14-12-10-8-6-2/h30-32H,5-29H2,1-4H3/q+1. The van der Waals surface area contributed by atoms with Crippen LogP contribution >= 0.6 is 0 Å². The first kappa shape index (κ1) is 32.2. The second kappa shape index (κ2) is 23.6. The zero-order valence-corrected chi connectivity index (χ0v) is 24.8. The Bertz CT molecular complexity index is 559. The van der Waals surface area contributed by atoms with Gasteiger partial charge >= 0.3 is 0 Å². The number of nitrogens with zero attached hydrogens (tertiary/aromatic N) is 2. The van der Waals surface area contributed by atoms with Crippen molar-refractivity contribution < 1.29 is 4.57 Å². The molecule has 0 saturated carbocycles. The lowest BCUT2D eigenvalue weighted by Crippen LogP contribution is -2.37. The molecule has 1 rings (SSSR count). The summed E-state index contributed by atoms with van der Waals surface area (Å²) in [5.41, 5.74) is 0. The number of aryl methyl sites for hydroxylation is 1. The molecule has 0 unspecified atom stereocenters. The van der Waals surface area contributed by atoms with Crippen molar-refractivity contribution in [2.45, 2.75) is 194 Å². The van der Waals surface area contributed by atoms with E-state index in [0.717, 1.165) is 0 Å². The molecule has 0 aliphatic heterocycles. The number of aromatic nitrogens is 2. The molecule has 0 N–H and O–H groups in total. The van der Waals surface area contributed by atoms with Gasteiger partial charge in [-0.25, -0.2) is 9.13 Å². The monoisotopic (exact) mass is 490 g/mol. The molecule has 0 saturated heterocycles. The van der Waals surface area contributed by atoms with Crippen molar-refractivity contribution >= 4 is 0 Å². The predicted octanol–water partition coefficient (Wildman–Crippen LogP) is 10.9. The van der Waals surface area contributed by atoms with E-state index in [1.807, 2.05) is 0 Å². The van der Waals surface area contributed by atoms with Crippen molar-refractivity contribution in [2.75, 3.05) is 0 Å². The van der Waals surface area contributed by atoms with Gasteiger partial charge in [0, 0.05) is 6.42 Å². The van der Waals surface area contributed by atoms with Crippen LogP contribution in [0.5, 0.6) is 0 Å². The molecule has 0 fully saturated rings. The third-order valence-corrected chi connectivity index (χ3v) is 7.85. The molecule has 0 radical (unpaired) electrons.